The minimum atomic E-state index is -0.208. The first-order chi connectivity index (χ1) is 16.1. The van der Waals surface area contributed by atoms with Gasteiger partial charge in [-0.15, -0.1) is 12.4 Å². The molecule has 1 rings (SSSR count). The number of unbranched alkanes of at least 4 members (excludes halogenated alkanes) is 15. The predicted octanol–water partition coefficient (Wildman–Crippen LogP) is 9.99. The van der Waals surface area contributed by atoms with Gasteiger partial charge in [0.05, 0.1) is 0 Å². The number of nitrogens with two attached hydrogens (primary N) is 1. The van der Waals surface area contributed by atoms with E-state index in [-0.39, 0.29) is 17.9 Å². The molecule has 0 aliphatic heterocycles. The second kappa shape index (κ2) is 21.7. The van der Waals surface area contributed by atoms with E-state index in [1.54, 1.807) is 0 Å². The molecule has 1 unspecified atom stereocenters. The van der Waals surface area contributed by atoms with E-state index in [1.165, 1.54) is 114 Å². The molecule has 0 fully saturated rings. The van der Waals surface area contributed by atoms with Crippen LogP contribution in [0, 0.1) is 0 Å². The molecule has 34 heavy (non-hydrogen) atoms. The summed E-state index contributed by atoms with van der Waals surface area (Å²) in [4.78, 5) is 0. The average Bonchev–Trinajstić information content (AvgIpc) is 2.85. The number of nitrogens with one attached hydrogen (secondary N) is 1. The highest BCUT2D eigenvalue weighted by Crippen LogP contribution is 2.31. The van der Waals surface area contributed by atoms with E-state index in [0.717, 1.165) is 19.4 Å². The van der Waals surface area contributed by atoms with E-state index in [1.807, 2.05) is 0 Å². The Bertz CT molecular complexity index is 570. The molecular weight excluding hydrogens is 436 g/mol. The van der Waals surface area contributed by atoms with Crippen LogP contribution >= 0.6 is 12.4 Å². The summed E-state index contributed by atoms with van der Waals surface area (Å²) in [7, 11) is 0. The van der Waals surface area contributed by atoms with Crippen LogP contribution in [-0.2, 0) is 5.54 Å². The normalized spacial score (nSPS) is 12.5. The molecule has 1 aromatic rings. The Balaban J connectivity index is 0.0000109. The first-order valence-electron chi connectivity index (χ1n) is 14.7. The summed E-state index contributed by atoms with van der Waals surface area (Å²) >= 11 is 0. The van der Waals surface area contributed by atoms with Gasteiger partial charge in [-0.25, -0.2) is 0 Å². The van der Waals surface area contributed by atoms with Gasteiger partial charge in [-0.3, -0.25) is 0 Å². The standard InChI is InChI=1S/C31H58N2.ClH/c1-5-8-9-10-11-12-13-14-15-16-17-18-19-20-21-24-27-33-28(4)29-25-22-23-26-30(29)31(32,6-2)7-3;/h22-23,25-26,28,33H,5-21,24,27,32H2,1-4H3;1H. The van der Waals surface area contributed by atoms with Crippen molar-refractivity contribution in [1.82, 2.24) is 5.32 Å². The zero-order valence-corrected chi connectivity index (χ0v) is 24.1. The number of benzene rings is 1. The van der Waals surface area contributed by atoms with Gasteiger partial charge in [0.1, 0.15) is 0 Å². The van der Waals surface area contributed by atoms with Crippen molar-refractivity contribution in [3.63, 3.8) is 0 Å². The van der Waals surface area contributed by atoms with Crippen LogP contribution in [0.2, 0.25) is 0 Å². The van der Waals surface area contributed by atoms with Gasteiger partial charge < -0.3 is 11.1 Å². The summed E-state index contributed by atoms with van der Waals surface area (Å²) in [5, 5.41) is 3.75. The average molecular weight is 495 g/mol. The van der Waals surface area contributed by atoms with Gasteiger partial charge in [0.2, 0.25) is 0 Å². The third-order valence-electron chi connectivity index (χ3n) is 7.71. The van der Waals surface area contributed by atoms with Gasteiger partial charge in [-0.2, -0.15) is 0 Å². The maximum Gasteiger partial charge on any atom is 0.0407 e. The molecule has 2 nitrogen and oxygen atoms in total. The van der Waals surface area contributed by atoms with E-state index in [9.17, 15) is 0 Å². The van der Waals surface area contributed by atoms with E-state index in [2.05, 4.69) is 57.3 Å². The molecule has 0 saturated heterocycles. The van der Waals surface area contributed by atoms with Crippen molar-refractivity contribution in [2.75, 3.05) is 6.54 Å². The van der Waals surface area contributed by atoms with Gasteiger partial charge in [-0.05, 0) is 43.9 Å². The first kappa shape index (κ1) is 33.4. The van der Waals surface area contributed by atoms with Crippen LogP contribution < -0.4 is 11.1 Å². The first-order valence-corrected chi connectivity index (χ1v) is 14.7. The topological polar surface area (TPSA) is 38.0 Å². The minimum Gasteiger partial charge on any atom is -0.321 e. The van der Waals surface area contributed by atoms with Crippen LogP contribution in [0.25, 0.3) is 0 Å². The Morgan fingerprint density at radius 1 is 0.676 bits per heavy atom. The smallest absolute Gasteiger partial charge is 0.0407 e. The highest BCUT2D eigenvalue weighted by Gasteiger charge is 2.26. The van der Waals surface area contributed by atoms with Gasteiger partial charge in [0, 0.05) is 11.6 Å². The van der Waals surface area contributed by atoms with Crippen LogP contribution in [0.4, 0.5) is 0 Å². The summed E-state index contributed by atoms with van der Waals surface area (Å²) in [5.41, 5.74) is 9.21. The predicted molar refractivity (Wildman–Crippen MR) is 156 cm³/mol. The number of hydrogen-bond acceptors (Lipinski definition) is 2. The van der Waals surface area contributed by atoms with Gasteiger partial charge in [0.25, 0.3) is 0 Å². The molecule has 0 aliphatic carbocycles. The molecular formula is C31H59ClN2. The van der Waals surface area contributed by atoms with E-state index in [0.29, 0.717) is 6.04 Å². The lowest BCUT2D eigenvalue weighted by atomic mass is 9.81. The molecule has 1 aromatic carbocycles. The molecule has 0 radical (unpaired) electrons. The summed E-state index contributed by atoms with van der Waals surface area (Å²) in [5.74, 6) is 0. The second-order valence-corrected chi connectivity index (χ2v) is 10.4. The molecule has 0 bridgehead atoms. The summed E-state index contributed by atoms with van der Waals surface area (Å²) < 4.78 is 0. The highest BCUT2D eigenvalue weighted by molar-refractivity contribution is 5.85. The SMILES string of the molecule is CCCCCCCCCCCCCCCCCCNC(C)c1ccccc1C(N)(CC)CC.Cl. The fourth-order valence-corrected chi connectivity index (χ4v) is 5.06. The summed E-state index contributed by atoms with van der Waals surface area (Å²) in [6, 6.07) is 9.13. The number of rotatable bonds is 22. The molecule has 3 heteroatoms. The zero-order chi connectivity index (χ0) is 24.2. The van der Waals surface area contributed by atoms with Crippen molar-refractivity contribution >= 4 is 12.4 Å². The molecule has 0 heterocycles. The quantitative estimate of drug-likeness (QED) is 0.157. The van der Waals surface area contributed by atoms with Crippen LogP contribution in [0.1, 0.15) is 160 Å². The zero-order valence-electron chi connectivity index (χ0n) is 23.3. The van der Waals surface area contributed by atoms with Crippen LogP contribution in [0.5, 0.6) is 0 Å². The molecule has 0 aromatic heterocycles. The van der Waals surface area contributed by atoms with E-state index >= 15 is 0 Å². The lowest BCUT2D eigenvalue weighted by Gasteiger charge is -2.31. The largest absolute Gasteiger partial charge is 0.321 e. The summed E-state index contributed by atoms with van der Waals surface area (Å²) in [6.45, 7) is 10.1. The Labute approximate surface area is 220 Å². The van der Waals surface area contributed by atoms with Crippen molar-refractivity contribution < 1.29 is 0 Å². The van der Waals surface area contributed by atoms with Crippen LogP contribution in [-0.4, -0.2) is 6.54 Å². The maximum atomic E-state index is 6.72. The second-order valence-electron chi connectivity index (χ2n) is 10.4. The minimum absolute atomic E-state index is 0. The van der Waals surface area contributed by atoms with Gasteiger partial charge in [0.15, 0.2) is 0 Å². The molecule has 0 amide bonds. The highest BCUT2D eigenvalue weighted by atomic mass is 35.5. The molecule has 200 valence electrons. The lowest BCUT2D eigenvalue weighted by molar-refractivity contribution is 0.403. The van der Waals surface area contributed by atoms with Crippen molar-refractivity contribution in [2.45, 2.75) is 155 Å². The fourth-order valence-electron chi connectivity index (χ4n) is 5.06. The van der Waals surface area contributed by atoms with Crippen LogP contribution in [0.3, 0.4) is 0 Å². The Kier molecular flexibility index (Phi) is 21.3. The summed E-state index contributed by atoms with van der Waals surface area (Å²) in [6.07, 6.45) is 24.7. The lowest BCUT2D eigenvalue weighted by Crippen LogP contribution is -2.37. The molecule has 1 atom stereocenters. The Morgan fingerprint density at radius 3 is 1.53 bits per heavy atom. The Hall–Kier alpha value is -0.570. The fraction of sp³-hybridized carbons (Fsp3) is 0.806. The van der Waals surface area contributed by atoms with Crippen LogP contribution in [0.15, 0.2) is 24.3 Å². The molecule has 0 spiro atoms. The third kappa shape index (κ3) is 14.1. The number of halogens is 1. The van der Waals surface area contributed by atoms with Crippen molar-refractivity contribution in [3.8, 4) is 0 Å². The molecule has 3 N–H and O–H groups in total. The van der Waals surface area contributed by atoms with E-state index < -0.39 is 0 Å². The third-order valence-corrected chi connectivity index (χ3v) is 7.71. The van der Waals surface area contributed by atoms with E-state index in [4.69, 9.17) is 5.73 Å². The van der Waals surface area contributed by atoms with Crippen molar-refractivity contribution in [1.29, 1.82) is 0 Å². The monoisotopic (exact) mass is 494 g/mol. The maximum absolute atomic E-state index is 6.72. The van der Waals surface area contributed by atoms with Crippen molar-refractivity contribution in [3.05, 3.63) is 35.4 Å². The van der Waals surface area contributed by atoms with Crippen molar-refractivity contribution in [2.24, 2.45) is 5.73 Å². The molecule has 0 aliphatic rings. The van der Waals surface area contributed by atoms with Gasteiger partial charge in [-0.1, -0.05) is 141 Å². The number of hydrogen-bond donors (Lipinski definition) is 2. The molecule has 0 saturated carbocycles. The Morgan fingerprint density at radius 2 is 1.09 bits per heavy atom. The van der Waals surface area contributed by atoms with Gasteiger partial charge >= 0.3 is 0 Å².